The Morgan fingerprint density at radius 1 is 1.22 bits per heavy atom. The van der Waals surface area contributed by atoms with Gasteiger partial charge in [0.05, 0.1) is 6.21 Å². The van der Waals surface area contributed by atoms with Gasteiger partial charge in [-0.3, -0.25) is 4.79 Å². The molecular formula is C19H16N2O6. The van der Waals surface area contributed by atoms with Gasteiger partial charge in [-0.25, -0.2) is 10.2 Å². The second-order valence-electron chi connectivity index (χ2n) is 5.73. The van der Waals surface area contributed by atoms with Crippen LogP contribution in [0.2, 0.25) is 0 Å². The van der Waals surface area contributed by atoms with Gasteiger partial charge in [-0.1, -0.05) is 0 Å². The van der Waals surface area contributed by atoms with Gasteiger partial charge in [-0.05, 0) is 36.8 Å². The van der Waals surface area contributed by atoms with Crippen LogP contribution in [0.3, 0.4) is 0 Å². The van der Waals surface area contributed by atoms with Gasteiger partial charge < -0.3 is 19.4 Å². The van der Waals surface area contributed by atoms with Crippen LogP contribution in [0.15, 0.2) is 56.8 Å². The number of benzene rings is 2. The number of aromatic hydroxyl groups is 2. The van der Waals surface area contributed by atoms with Gasteiger partial charge in [0.2, 0.25) is 0 Å². The van der Waals surface area contributed by atoms with Gasteiger partial charge in [-0.15, -0.1) is 0 Å². The lowest BCUT2D eigenvalue weighted by Crippen LogP contribution is -2.24. The number of fused-ring (bicyclic) bond motifs is 1. The molecule has 138 valence electrons. The summed E-state index contributed by atoms with van der Waals surface area (Å²) in [5, 5.41) is 23.3. The van der Waals surface area contributed by atoms with Gasteiger partial charge in [0.1, 0.15) is 22.8 Å². The van der Waals surface area contributed by atoms with Gasteiger partial charge >= 0.3 is 5.63 Å². The summed E-state index contributed by atoms with van der Waals surface area (Å²) in [6, 6.07) is 10.3. The van der Waals surface area contributed by atoms with E-state index in [1.54, 1.807) is 19.1 Å². The maximum atomic E-state index is 11.8. The van der Waals surface area contributed by atoms with E-state index in [9.17, 15) is 19.8 Å². The van der Waals surface area contributed by atoms with Crippen LogP contribution < -0.4 is 15.8 Å². The first-order chi connectivity index (χ1) is 12.9. The first kappa shape index (κ1) is 18.0. The summed E-state index contributed by atoms with van der Waals surface area (Å²) in [5.41, 5.74) is 3.29. The van der Waals surface area contributed by atoms with Crippen molar-refractivity contribution in [2.45, 2.75) is 6.92 Å². The average Bonchev–Trinajstić information content (AvgIpc) is 2.61. The van der Waals surface area contributed by atoms with Crippen molar-refractivity contribution in [3.8, 4) is 17.2 Å². The van der Waals surface area contributed by atoms with Crippen LogP contribution in [0.1, 0.15) is 11.1 Å². The number of hydrogen-bond donors (Lipinski definition) is 3. The monoisotopic (exact) mass is 368 g/mol. The van der Waals surface area contributed by atoms with Crippen LogP contribution >= 0.6 is 0 Å². The van der Waals surface area contributed by atoms with Crippen LogP contribution in [0, 0.1) is 6.92 Å². The lowest BCUT2D eigenvalue weighted by atomic mass is 10.1. The summed E-state index contributed by atoms with van der Waals surface area (Å²) in [4.78, 5) is 23.2. The van der Waals surface area contributed by atoms with Crippen molar-refractivity contribution in [1.82, 2.24) is 5.43 Å². The highest BCUT2D eigenvalue weighted by Crippen LogP contribution is 2.22. The molecule has 0 unspecified atom stereocenters. The molecule has 27 heavy (non-hydrogen) atoms. The Balaban J connectivity index is 1.59. The average molecular weight is 368 g/mol. The van der Waals surface area contributed by atoms with Gasteiger partial charge in [0.25, 0.3) is 5.91 Å². The number of hydrogen-bond acceptors (Lipinski definition) is 7. The Bertz CT molecular complexity index is 1090. The fourth-order valence-corrected chi connectivity index (χ4v) is 2.39. The minimum Gasteiger partial charge on any atom is -0.508 e. The fraction of sp³-hybridized carbons (Fsp3) is 0.105. The topological polar surface area (TPSA) is 121 Å². The summed E-state index contributed by atoms with van der Waals surface area (Å²) in [6.45, 7) is 1.50. The van der Waals surface area contributed by atoms with Crippen LogP contribution in [0.5, 0.6) is 17.2 Å². The van der Waals surface area contributed by atoms with Crippen LogP contribution in [-0.2, 0) is 4.79 Å². The lowest BCUT2D eigenvalue weighted by Gasteiger charge is -2.06. The fourth-order valence-electron chi connectivity index (χ4n) is 2.39. The molecule has 3 N–H and O–H groups in total. The minimum absolute atomic E-state index is 0.0801. The Kier molecular flexibility index (Phi) is 5.07. The predicted molar refractivity (Wildman–Crippen MR) is 98.2 cm³/mol. The Hall–Kier alpha value is -3.81. The third kappa shape index (κ3) is 4.43. The molecule has 3 aromatic rings. The van der Waals surface area contributed by atoms with E-state index < -0.39 is 11.5 Å². The Morgan fingerprint density at radius 3 is 2.81 bits per heavy atom. The normalized spacial score (nSPS) is 11.0. The molecule has 0 bridgehead atoms. The zero-order valence-corrected chi connectivity index (χ0v) is 14.3. The number of carbonyl (C=O) groups excluding carboxylic acids is 1. The van der Waals surface area contributed by atoms with Crippen molar-refractivity contribution in [3.63, 3.8) is 0 Å². The van der Waals surface area contributed by atoms with Gasteiger partial charge in [-0.2, -0.15) is 5.10 Å². The molecule has 0 aliphatic carbocycles. The third-order valence-electron chi connectivity index (χ3n) is 3.70. The second-order valence-corrected chi connectivity index (χ2v) is 5.73. The summed E-state index contributed by atoms with van der Waals surface area (Å²) < 4.78 is 10.5. The molecule has 0 saturated carbocycles. The van der Waals surface area contributed by atoms with Crippen LogP contribution in [0.25, 0.3) is 11.0 Å². The summed E-state index contributed by atoms with van der Waals surface area (Å²) in [5.74, 6) is -0.400. The number of aryl methyl sites for hydroxylation is 1. The molecule has 3 rings (SSSR count). The number of carbonyl (C=O) groups is 1. The molecule has 0 aliphatic rings. The molecular weight excluding hydrogens is 352 g/mol. The predicted octanol–water partition coefficient (Wildman–Crippen LogP) is 2.04. The van der Waals surface area contributed by atoms with E-state index in [-0.39, 0.29) is 18.1 Å². The Morgan fingerprint density at radius 2 is 2.04 bits per heavy atom. The number of phenols is 2. The molecule has 8 nitrogen and oxygen atoms in total. The second kappa shape index (κ2) is 7.61. The lowest BCUT2D eigenvalue weighted by molar-refractivity contribution is -0.123. The van der Waals surface area contributed by atoms with E-state index in [2.05, 4.69) is 10.5 Å². The van der Waals surface area contributed by atoms with Crippen molar-refractivity contribution in [2.75, 3.05) is 6.61 Å². The van der Waals surface area contributed by atoms with Crippen LogP contribution in [0.4, 0.5) is 0 Å². The highest BCUT2D eigenvalue weighted by molar-refractivity contribution is 5.86. The standard InChI is InChI=1S/C19H16N2O6/c1-11-6-19(25)27-17-8-14(4-5-15(11)17)26-10-18(24)21-20-9-12-2-3-13(22)7-16(12)23/h2-9,22-23H,10H2,1H3,(H,21,24)/b20-9+. The largest absolute Gasteiger partial charge is 0.508 e. The maximum Gasteiger partial charge on any atom is 0.336 e. The smallest absolute Gasteiger partial charge is 0.336 e. The molecule has 0 atom stereocenters. The van der Waals surface area contributed by atoms with Crippen molar-refractivity contribution < 1.29 is 24.2 Å². The number of rotatable bonds is 5. The highest BCUT2D eigenvalue weighted by atomic mass is 16.5. The SMILES string of the molecule is Cc1cc(=O)oc2cc(OCC(=O)N/N=C/c3ccc(O)cc3O)ccc12. The first-order valence-corrected chi connectivity index (χ1v) is 7.93. The van der Waals surface area contributed by atoms with Crippen molar-refractivity contribution >= 4 is 23.1 Å². The van der Waals surface area contributed by atoms with E-state index in [0.717, 1.165) is 17.0 Å². The van der Waals surface area contributed by atoms with Gasteiger partial charge in [0, 0.05) is 29.1 Å². The van der Waals surface area contributed by atoms with E-state index >= 15 is 0 Å². The van der Waals surface area contributed by atoms with E-state index in [4.69, 9.17) is 9.15 Å². The maximum absolute atomic E-state index is 11.8. The summed E-state index contributed by atoms with van der Waals surface area (Å²) >= 11 is 0. The molecule has 0 spiro atoms. The number of phenolic OH excluding ortho intramolecular Hbond substituents is 2. The van der Waals surface area contributed by atoms with E-state index in [1.165, 1.54) is 30.5 Å². The zero-order chi connectivity index (χ0) is 19.4. The highest BCUT2D eigenvalue weighted by Gasteiger charge is 2.06. The van der Waals surface area contributed by atoms with Crippen molar-refractivity contribution in [3.05, 3.63) is 64.0 Å². The summed E-state index contributed by atoms with van der Waals surface area (Å²) in [6.07, 6.45) is 1.24. The van der Waals surface area contributed by atoms with E-state index in [1.807, 2.05) is 0 Å². The molecule has 0 aliphatic heterocycles. The molecule has 1 heterocycles. The molecule has 0 saturated heterocycles. The number of nitrogens with one attached hydrogen (secondary N) is 1. The summed E-state index contributed by atoms with van der Waals surface area (Å²) in [7, 11) is 0. The molecule has 8 heteroatoms. The number of amides is 1. The molecule has 0 fully saturated rings. The third-order valence-corrected chi connectivity index (χ3v) is 3.70. The number of nitrogens with zero attached hydrogens (tertiary/aromatic N) is 1. The van der Waals surface area contributed by atoms with Crippen molar-refractivity contribution in [2.24, 2.45) is 5.10 Å². The van der Waals surface area contributed by atoms with Gasteiger partial charge in [0.15, 0.2) is 6.61 Å². The van der Waals surface area contributed by atoms with Crippen LogP contribution in [-0.4, -0.2) is 28.9 Å². The first-order valence-electron chi connectivity index (χ1n) is 7.93. The Labute approximate surface area is 153 Å². The molecule has 2 aromatic carbocycles. The number of ether oxygens (including phenoxy) is 1. The molecule has 1 amide bonds. The number of hydrazone groups is 1. The quantitative estimate of drug-likeness (QED) is 0.360. The van der Waals surface area contributed by atoms with E-state index in [0.29, 0.717) is 16.9 Å². The minimum atomic E-state index is -0.518. The van der Waals surface area contributed by atoms with Crippen molar-refractivity contribution in [1.29, 1.82) is 0 Å². The molecule has 1 aromatic heterocycles. The zero-order valence-electron chi connectivity index (χ0n) is 14.3. The molecule has 0 radical (unpaired) electrons.